The van der Waals surface area contributed by atoms with Crippen LogP contribution in [0.3, 0.4) is 0 Å². The van der Waals surface area contributed by atoms with E-state index in [4.69, 9.17) is 0 Å². The minimum atomic E-state index is -0.422. The summed E-state index contributed by atoms with van der Waals surface area (Å²) in [5, 5.41) is 9.46. The maximum absolute atomic E-state index is 12.4. The average molecular weight is 332 g/mol. The van der Waals surface area contributed by atoms with Gasteiger partial charge in [0.15, 0.2) is 5.52 Å². The molecule has 0 saturated carbocycles. The summed E-state index contributed by atoms with van der Waals surface area (Å²) in [7, 11) is 0. The second kappa shape index (κ2) is 5.59. The number of H-pyrrole nitrogens is 2. The topological polar surface area (TPSA) is 83.5 Å². The molecule has 6 heteroatoms. The Kier molecular flexibility index (Phi) is 3.39. The first-order valence-corrected chi connectivity index (χ1v) is 7.93. The fourth-order valence-electron chi connectivity index (χ4n) is 2.93. The highest BCUT2D eigenvalue weighted by atomic mass is 16.1. The fourth-order valence-corrected chi connectivity index (χ4v) is 2.93. The zero-order valence-electron chi connectivity index (χ0n) is 13.8. The van der Waals surface area contributed by atoms with Gasteiger partial charge in [-0.2, -0.15) is 5.10 Å². The molecular formula is C19H16N4O2. The summed E-state index contributed by atoms with van der Waals surface area (Å²) in [6.45, 7) is 4.05. The minimum absolute atomic E-state index is 0.126. The molecule has 0 atom stereocenters. The first-order chi connectivity index (χ1) is 12.1. The van der Waals surface area contributed by atoms with Crippen LogP contribution in [0, 0.1) is 13.8 Å². The van der Waals surface area contributed by atoms with E-state index in [0.717, 1.165) is 22.4 Å². The van der Waals surface area contributed by atoms with Crippen molar-refractivity contribution >= 4 is 10.9 Å². The molecule has 0 spiro atoms. The third-order valence-electron chi connectivity index (χ3n) is 4.40. The molecule has 0 bridgehead atoms. The largest absolute Gasteiger partial charge is 0.291 e. The second-order valence-corrected chi connectivity index (χ2v) is 6.03. The maximum atomic E-state index is 12.4. The molecule has 2 aromatic heterocycles. The Morgan fingerprint density at radius 3 is 2.32 bits per heavy atom. The van der Waals surface area contributed by atoms with Gasteiger partial charge in [0.05, 0.1) is 11.4 Å². The lowest BCUT2D eigenvalue weighted by Gasteiger charge is -2.10. The summed E-state index contributed by atoms with van der Waals surface area (Å²) in [6, 6.07) is 15.4. The zero-order chi connectivity index (χ0) is 17.6. The van der Waals surface area contributed by atoms with E-state index in [2.05, 4.69) is 15.3 Å². The van der Waals surface area contributed by atoms with Crippen molar-refractivity contribution in [2.75, 3.05) is 0 Å². The molecule has 0 saturated heterocycles. The Balaban J connectivity index is 2.16. The summed E-state index contributed by atoms with van der Waals surface area (Å²) in [5.41, 5.74) is 3.83. The van der Waals surface area contributed by atoms with Crippen LogP contribution in [0.2, 0.25) is 0 Å². The fraction of sp³-hybridized carbons (Fsp3) is 0.105. The van der Waals surface area contributed by atoms with Gasteiger partial charge < -0.3 is 0 Å². The Hall–Kier alpha value is -3.41. The molecule has 0 amide bonds. The summed E-state index contributed by atoms with van der Waals surface area (Å²) in [6.07, 6.45) is 0. The van der Waals surface area contributed by atoms with Crippen molar-refractivity contribution in [1.29, 1.82) is 0 Å². The minimum Gasteiger partial charge on any atom is -0.267 e. The van der Waals surface area contributed by atoms with Crippen molar-refractivity contribution in [2.24, 2.45) is 0 Å². The van der Waals surface area contributed by atoms with Crippen molar-refractivity contribution in [2.45, 2.75) is 13.8 Å². The van der Waals surface area contributed by atoms with E-state index in [1.165, 1.54) is 0 Å². The number of hydrogen-bond acceptors (Lipinski definition) is 3. The molecular weight excluding hydrogens is 316 g/mol. The van der Waals surface area contributed by atoms with Crippen LogP contribution in [0.15, 0.2) is 58.1 Å². The predicted octanol–water partition coefficient (Wildman–Crippen LogP) is 2.69. The Bertz CT molecular complexity index is 1200. The van der Waals surface area contributed by atoms with E-state index in [0.29, 0.717) is 5.69 Å². The highest BCUT2D eigenvalue weighted by Crippen LogP contribution is 2.28. The first-order valence-electron chi connectivity index (χ1n) is 7.93. The van der Waals surface area contributed by atoms with Crippen molar-refractivity contribution in [3.8, 4) is 16.9 Å². The molecule has 0 aliphatic heterocycles. The molecule has 2 aromatic carbocycles. The quantitative estimate of drug-likeness (QED) is 0.592. The van der Waals surface area contributed by atoms with Crippen molar-refractivity contribution in [3.05, 3.63) is 80.4 Å². The van der Waals surface area contributed by atoms with Gasteiger partial charge in [0.25, 0.3) is 11.1 Å². The van der Waals surface area contributed by atoms with Crippen molar-refractivity contribution < 1.29 is 0 Å². The van der Waals surface area contributed by atoms with E-state index >= 15 is 0 Å². The smallest absolute Gasteiger partial charge is 0.267 e. The lowest BCUT2D eigenvalue weighted by atomic mass is 10.1. The number of aryl methyl sites for hydroxylation is 2. The molecule has 25 heavy (non-hydrogen) atoms. The SMILES string of the molecule is Cc1ccc(-n2nc3c(=O)[nH][nH]c(=O)c3c2-c2ccccc2)cc1C. The normalized spacial score (nSPS) is 11.1. The summed E-state index contributed by atoms with van der Waals surface area (Å²) >= 11 is 0. The van der Waals surface area contributed by atoms with Gasteiger partial charge in [0, 0.05) is 5.56 Å². The van der Waals surface area contributed by atoms with Crippen LogP contribution < -0.4 is 11.1 Å². The Morgan fingerprint density at radius 1 is 0.880 bits per heavy atom. The van der Waals surface area contributed by atoms with Gasteiger partial charge in [-0.25, -0.2) is 4.68 Å². The van der Waals surface area contributed by atoms with Crippen LogP contribution in [0.4, 0.5) is 0 Å². The Morgan fingerprint density at radius 2 is 1.60 bits per heavy atom. The van der Waals surface area contributed by atoms with Gasteiger partial charge in [0.1, 0.15) is 5.39 Å². The van der Waals surface area contributed by atoms with E-state index < -0.39 is 5.56 Å². The van der Waals surface area contributed by atoms with Gasteiger partial charge in [-0.15, -0.1) is 0 Å². The van der Waals surface area contributed by atoms with E-state index in [-0.39, 0.29) is 16.5 Å². The van der Waals surface area contributed by atoms with Crippen molar-refractivity contribution in [1.82, 2.24) is 20.0 Å². The number of rotatable bonds is 2. The first kappa shape index (κ1) is 15.1. The molecule has 0 fully saturated rings. The highest BCUT2D eigenvalue weighted by molar-refractivity contribution is 5.92. The number of aromatic amines is 2. The van der Waals surface area contributed by atoms with E-state index in [1.54, 1.807) is 4.68 Å². The van der Waals surface area contributed by atoms with Gasteiger partial charge in [-0.1, -0.05) is 36.4 Å². The van der Waals surface area contributed by atoms with Gasteiger partial charge in [-0.3, -0.25) is 19.8 Å². The monoisotopic (exact) mass is 332 g/mol. The number of aromatic nitrogens is 4. The third-order valence-corrected chi connectivity index (χ3v) is 4.40. The highest BCUT2D eigenvalue weighted by Gasteiger charge is 2.19. The zero-order valence-corrected chi connectivity index (χ0v) is 13.8. The maximum Gasteiger partial charge on any atom is 0.291 e. The molecule has 4 aromatic rings. The number of fused-ring (bicyclic) bond motifs is 1. The van der Waals surface area contributed by atoms with Crippen molar-refractivity contribution in [3.63, 3.8) is 0 Å². The lowest BCUT2D eigenvalue weighted by Crippen LogP contribution is -2.18. The van der Waals surface area contributed by atoms with E-state index in [9.17, 15) is 9.59 Å². The summed E-state index contributed by atoms with van der Waals surface area (Å²) < 4.78 is 1.66. The predicted molar refractivity (Wildman–Crippen MR) is 97.2 cm³/mol. The number of benzene rings is 2. The van der Waals surface area contributed by atoms with Crippen LogP contribution in [0.5, 0.6) is 0 Å². The third kappa shape index (κ3) is 2.39. The van der Waals surface area contributed by atoms with Gasteiger partial charge in [0.2, 0.25) is 0 Å². The number of hydrogen-bond donors (Lipinski definition) is 2. The molecule has 0 aliphatic carbocycles. The molecule has 124 valence electrons. The molecule has 0 unspecified atom stereocenters. The van der Waals surface area contributed by atoms with Crippen LogP contribution in [-0.4, -0.2) is 20.0 Å². The molecule has 0 aliphatic rings. The molecule has 2 N–H and O–H groups in total. The molecule has 0 radical (unpaired) electrons. The average Bonchev–Trinajstić information content (AvgIpc) is 3.03. The standard InChI is InChI=1S/C19H16N4O2/c1-11-8-9-14(10-12(11)2)23-17(13-6-4-3-5-7-13)15-16(22-23)19(25)21-20-18(15)24/h3-10H,1-2H3,(H,20,24)(H,21,25). The van der Waals surface area contributed by atoms with Crippen LogP contribution in [0.25, 0.3) is 27.8 Å². The van der Waals surface area contributed by atoms with Crippen LogP contribution in [0.1, 0.15) is 11.1 Å². The number of nitrogens with one attached hydrogen (secondary N) is 2. The van der Waals surface area contributed by atoms with E-state index in [1.807, 2.05) is 62.4 Å². The van der Waals surface area contributed by atoms with Gasteiger partial charge in [-0.05, 0) is 37.1 Å². The molecule has 2 heterocycles. The van der Waals surface area contributed by atoms with Gasteiger partial charge >= 0.3 is 0 Å². The lowest BCUT2D eigenvalue weighted by molar-refractivity contribution is 0.895. The van der Waals surface area contributed by atoms with Crippen LogP contribution in [-0.2, 0) is 0 Å². The summed E-state index contributed by atoms with van der Waals surface area (Å²) in [4.78, 5) is 24.6. The molecule has 6 nitrogen and oxygen atoms in total. The number of nitrogens with zero attached hydrogens (tertiary/aromatic N) is 2. The molecule has 4 rings (SSSR count). The summed E-state index contributed by atoms with van der Waals surface area (Å²) in [5.74, 6) is 0. The Labute approximate surface area is 142 Å². The van der Waals surface area contributed by atoms with Crippen LogP contribution >= 0.6 is 0 Å². The second-order valence-electron chi connectivity index (χ2n) is 6.03.